The van der Waals surface area contributed by atoms with Gasteiger partial charge in [0, 0.05) is 23.7 Å². The van der Waals surface area contributed by atoms with E-state index < -0.39 is 0 Å². The van der Waals surface area contributed by atoms with Crippen LogP contribution in [0.4, 0.5) is 0 Å². The molecule has 0 aliphatic rings. The van der Waals surface area contributed by atoms with Crippen molar-refractivity contribution in [3.05, 3.63) is 17.0 Å². The summed E-state index contributed by atoms with van der Waals surface area (Å²) in [5, 5.41) is 4.38. The minimum absolute atomic E-state index is 0.808. The van der Waals surface area contributed by atoms with E-state index in [0.29, 0.717) is 0 Å². The summed E-state index contributed by atoms with van der Waals surface area (Å²) in [6.07, 6.45) is 2.57. The molecule has 0 spiro atoms. The van der Waals surface area contributed by atoms with Crippen molar-refractivity contribution in [1.82, 2.24) is 15.3 Å². The number of aryl methyl sites for hydroxylation is 2. The molecule has 0 amide bonds. The number of hydrogen-bond acceptors (Lipinski definition) is 4. The second kappa shape index (κ2) is 8.54. The average molecular weight is 281 g/mol. The Balaban J connectivity index is 2.19. The van der Waals surface area contributed by atoms with E-state index in [1.165, 1.54) is 18.4 Å². The Hall–Kier alpha value is -0.610. The first kappa shape index (κ1) is 16.4. The highest BCUT2D eigenvalue weighted by Crippen LogP contribution is 2.16. The van der Waals surface area contributed by atoms with Gasteiger partial charge in [0.05, 0.1) is 0 Å². The summed E-state index contributed by atoms with van der Waals surface area (Å²) in [4.78, 5) is 9.03. The molecule has 0 saturated heterocycles. The number of nitrogens with one attached hydrogen (secondary N) is 1. The lowest BCUT2D eigenvalue weighted by Gasteiger charge is -2.08. The minimum Gasteiger partial charge on any atom is -0.316 e. The fourth-order valence-corrected chi connectivity index (χ4v) is 2.61. The van der Waals surface area contributed by atoms with Gasteiger partial charge >= 0.3 is 0 Å². The van der Waals surface area contributed by atoms with Gasteiger partial charge in [0.25, 0.3) is 0 Å². The zero-order chi connectivity index (χ0) is 14.3. The van der Waals surface area contributed by atoms with E-state index in [4.69, 9.17) is 0 Å². The van der Waals surface area contributed by atoms with Gasteiger partial charge in [-0.25, -0.2) is 9.97 Å². The molecule has 19 heavy (non-hydrogen) atoms. The molecule has 3 nitrogen and oxygen atoms in total. The molecule has 0 radical (unpaired) electrons. The predicted octanol–water partition coefficient (Wildman–Crippen LogP) is 3.52. The molecule has 1 heterocycles. The molecule has 1 rings (SSSR count). The maximum absolute atomic E-state index is 4.51. The standard InChI is InChI=1S/C15H27N3S/c1-11(2)7-6-8-16-9-10-19-15-17-13(4)12(3)14(5)18-15/h11,16H,6-10H2,1-5H3. The fourth-order valence-electron chi connectivity index (χ4n) is 1.78. The van der Waals surface area contributed by atoms with Gasteiger partial charge < -0.3 is 5.32 Å². The molecule has 4 heteroatoms. The van der Waals surface area contributed by atoms with Crippen LogP contribution in [0.5, 0.6) is 0 Å². The number of thioether (sulfide) groups is 1. The molecule has 1 N–H and O–H groups in total. The van der Waals surface area contributed by atoms with Gasteiger partial charge in [-0.3, -0.25) is 0 Å². The lowest BCUT2D eigenvalue weighted by atomic mass is 10.1. The predicted molar refractivity (Wildman–Crippen MR) is 83.9 cm³/mol. The first-order valence-electron chi connectivity index (χ1n) is 7.16. The van der Waals surface area contributed by atoms with Gasteiger partial charge in [0.2, 0.25) is 0 Å². The van der Waals surface area contributed by atoms with Gasteiger partial charge in [0.1, 0.15) is 0 Å². The van der Waals surface area contributed by atoms with Crippen LogP contribution in [0.1, 0.15) is 43.6 Å². The van der Waals surface area contributed by atoms with Crippen molar-refractivity contribution in [2.45, 2.75) is 52.6 Å². The molecule has 0 atom stereocenters. The van der Waals surface area contributed by atoms with Gasteiger partial charge in [-0.2, -0.15) is 0 Å². The Morgan fingerprint density at radius 2 is 1.68 bits per heavy atom. The van der Waals surface area contributed by atoms with Crippen molar-refractivity contribution in [3.63, 3.8) is 0 Å². The summed E-state index contributed by atoms with van der Waals surface area (Å²) in [6, 6.07) is 0. The normalized spacial score (nSPS) is 11.3. The van der Waals surface area contributed by atoms with Crippen molar-refractivity contribution >= 4 is 11.8 Å². The molecule has 0 fully saturated rings. The molecular formula is C15H27N3S. The summed E-state index contributed by atoms with van der Waals surface area (Å²) in [6.45, 7) is 12.9. The van der Waals surface area contributed by atoms with Crippen LogP contribution >= 0.6 is 11.8 Å². The molecule has 108 valence electrons. The highest BCUT2D eigenvalue weighted by atomic mass is 32.2. The van der Waals surface area contributed by atoms with Gasteiger partial charge in [-0.05, 0) is 51.6 Å². The lowest BCUT2D eigenvalue weighted by Crippen LogP contribution is -2.19. The summed E-state index contributed by atoms with van der Waals surface area (Å²) in [5.74, 6) is 1.84. The summed E-state index contributed by atoms with van der Waals surface area (Å²) < 4.78 is 0. The molecule has 1 aromatic heterocycles. The Morgan fingerprint density at radius 1 is 1.05 bits per heavy atom. The van der Waals surface area contributed by atoms with E-state index in [0.717, 1.165) is 41.3 Å². The second-order valence-corrected chi connectivity index (χ2v) is 6.50. The highest BCUT2D eigenvalue weighted by Gasteiger charge is 2.04. The monoisotopic (exact) mass is 281 g/mol. The van der Waals surface area contributed by atoms with Crippen molar-refractivity contribution in [2.24, 2.45) is 5.92 Å². The number of aromatic nitrogens is 2. The fraction of sp³-hybridized carbons (Fsp3) is 0.733. The van der Waals surface area contributed by atoms with Crippen molar-refractivity contribution in [2.75, 3.05) is 18.8 Å². The lowest BCUT2D eigenvalue weighted by molar-refractivity contribution is 0.534. The summed E-state index contributed by atoms with van der Waals surface area (Å²) in [5.41, 5.74) is 3.40. The zero-order valence-corrected chi connectivity index (χ0v) is 13.7. The largest absolute Gasteiger partial charge is 0.316 e. The average Bonchev–Trinajstić information content (AvgIpc) is 2.34. The minimum atomic E-state index is 0.808. The number of hydrogen-bond donors (Lipinski definition) is 1. The maximum atomic E-state index is 4.51. The van der Waals surface area contributed by atoms with Crippen LogP contribution in [0.15, 0.2) is 5.16 Å². The van der Waals surface area contributed by atoms with E-state index >= 15 is 0 Å². The molecule has 0 saturated carbocycles. The Kier molecular flexibility index (Phi) is 7.39. The molecule has 0 bridgehead atoms. The number of rotatable bonds is 8. The van der Waals surface area contributed by atoms with Crippen LogP contribution < -0.4 is 5.32 Å². The van der Waals surface area contributed by atoms with Crippen LogP contribution in [0.25, 0.3) is 0 Å². The molecule has 0 aliphatic carbocycles. The molecule has 1 aromatic rings. The first-order valence-corrected chi connectivity index (χ1v) is 8.14. The molecule has 0 unspecified atom stereocenters. The van der Waals surface area contributed by atoms with Crippen molar-refractivity contribution < 1.29 is 0 Å². The molecule has 0 aromatic carbocycles. The summed E-state index contributed by atoms with van der Waals surface area (Å²) in [7, 11) is 0. The van der Waals surface area contributed by atoms with Crippen LogP contribution in [0.3, 0.4) is 0 Å². The van der Waals surface area contributed by atoms with E-state index in [9.17, 15) is 0 Å². The third-order valence-corrected chi connectivity index (χ3v) is 4.11. The molecule has 0 aliphatic heterocycles. The molecular weight excluding hydrogens is 254 g/mol. The Morgan fingerprint density at radius 3 is 2.26 bits per heavy atom. The van der Waals surface area contributed by atoms with Crippen LogP contribution in [-0.2, 0) is 0 Å². The zero-order valence-electron chi connectivity index (χ0n) is 12.9. The van der Waals surface area contributed by atoms with Gasteiger partial charge in [0.15, 0.2) is 5.16 Å². The van der Waals surface area contributed by atoms with Crippen LogP contribution in [0, 0.1) is 26.7 Å². The number of nitrogens with zero attached hydrogens (tertiary/aromatic N) is 2. The van der Waals surface area contributed by atoms with E-state index in [-0.39, 0.29) is 0 Å². The van der Waals surface area contributed by atoms with E-state index in [1.54, 1.807) is 11.8 Å². The quantitative estimate of drug-likeness (QED) is 0.449. The summed E-state index contributed by atoms with van der Waals surface area (Å²) >= 11 is 1.74. The smallest absolute Gasteiger partial charge is 0.188 e. The van der Waals surface area contributed by atoms with E-state index in [2.05, 4.69) is 49.9 Å². The third-order valence-electron chi connectivity index (χ3n) is 3.26. The van der Waals surface area contributed by atoms with E-state index in [1.807, 2.05) is 0 Å². The van der Waals surface area contributed by atoms with Crippen LogP contribution in [-0.4, -0.2) is 28.8 Å². The van der Waals surface area contributed by atoms with Gasteiger partial charge in [-0.1, -0.05) is 25.6 Å². The highest BCUT2D eigenvalue weighted by molar-refractivity contribution is 7.99. The Bertz CT molecular complexity index is 368. The Labute approximate surface area is 122 Å². The van der Waals surface area contributed by atoms with Crippen LogP contribution in [0.2, 0.25) is 0 Å². The van der Waals surface area contributed by atoms with Crippen molar-refractivity contribution in [1.29, 1.82) is 0 Å². The maximum Gasteiger partial charge on any atom is 0.188 e. The SMILES string of the molecule is Cc1nc(SCCNCCCC(C)C)nc(C)c1C. The third kappa shape index (κ3) is 6.39. The van der Waals surface area contributed by atoms with Crippen molar-refractivity contribution in [3.8, 4) is 0 Å². The second-order valence-electron chi connectivity index (χ2n) is 5.44. The van der Waals surface area contributed by atoms with Gasteiger partial charge in [-0.15, -0.1) is 0 Å². The first-order chi connectivity index (χ1) is 9.00. The topological polar surface area (TPSA) is 37.8 Å².